The Balaban J connectivity index is 0.000000360. The van der Waals surface area contributed by atoms with Crippen molar-refractivity contribution in [2.24, 2.45) is 0 Å². The summed E-state index contributed by atoms with van der Waals surface area (Å²) in [6, 6.07) is 0. The third-order valence-corrected chi connectivity index (χ3v) is 1.08. The molecule has 0 bridgehead atoms. The third-order valence-electron chi connectivity index (χ3n) is 1.08. The molecule has 1 aliphatic rings. The lowest BCUT2D eigenvalue weighted by atomic mass is 10.2. The minimum absolute atomic E-state index is 0. The second-order valence-corrected chi connectivity index (χ2v) is 1.67. The van der Waals surface area contributed by atoms with Crippen LogP contribution in [-0.2, 0) is 4.74 Å². The van der Waals surface area contributed by atoms with E-state index in [-0.39, 0.29) is 8.41 Å². The van der Waals surface area contributed by atoms with Crippen LogP contribution < -0.4 is 0 Å². The molecular formula is C5H13BO. The van der Waals surface area contributed by atoms with Crippen molar-refractivity contribution in [2.45, 2.75) is 19.3 Å². The Kier molecular flexibility index (Phi) is 4.21. The molecule has 0 aromatic rings. The second kappa shape index (κ2) is 4.19. The first kappa shape index (κ1) is 7.02. The van der Waals surface area contributed by atoms with E-state index in [0.717, 1.165) is 13.2 Å². The molecule has 1 aliphatic heterocycles. The Morgan fingerprint density at radius 1 is 0.857 bits per heavy atom. The van der Waals surface area contributed by atoms with Gasteiger partial charge >= 0.3 is 0 Å². The largest absolute Gasteiger partial charge is 0.381 e. The zero-order valence-electron chi connectivity index (χ0n) is 3.94. The van der Waals surface area contributed by atoms with Crippen LogP contribution in [0.4, 0.5) is 0 Å². The third kappa shape index (κ3) is 2.69. The predicted octanol–water partition coefficient (Wildman–Crippen LogP) is 0.00300. The van der Waals surface area contributed by atoms with E-state index in [0.29, 0.717) is 0 Å². The highest BCUT2D eigenvalue weighted by molar-refractivity contribution is 5.75. The Morgan fingerprint density at radius 3 is 1.57 bits per heavy atom. The molecule has 0 radical (unpaired) electrons. The molecule has 7 heavy (non-hydrogen) atoms. The fraction of sp³-hybridized carbons (Fsp3) is 1.00. The molecule has 0 aromatic heterocycles. The fourth-order valence-corrected chi connectivity index (χ4v) is 0.687. The van der Waals surface area contributed by atoms with Gasteiger partial charge < -0.3 is 4.74 Å². The highest BCUT2D eigenvalue weighted by Crippen LogP contribution is 2.01. The molecule has 2 heteroatoms. The molecule has 42 valence electrons. The Morgan fingerprint density at radius 2 is 1.43 bits per heavy atom. The number of ether oxygens (including phenoxy) is 1. The van der Waals surface area contributed by atoms with Gasteiger partial charge in [0.1, 0.15) is 0 Å². The van der Waals surface area contributed by atoms with Crippen molar-refractivity contribution in [3.63, 3.8) is 0 Å². The molecule has 0 N–H and O–H groups in total. The van der Waals surface area contributed by atoms with Crippen LogP contribution in [0.2, 0.25) is 0 Å². The summed E-state index contributed by atoms with van der Waals surface area (Å²) in [5, 5.41) is 0. The summed E-state index contributed by atoms with van der Waals surface area (Å²) in [5.74, 6) is 0. The maximum Gasteiger partial charge on any atom is 0.0814 e. The van der Waals surface area contributed by atoms with E-state index >= 15 is 0 Å². The molecule has 1 saturated heterocycles. The lowest BCUT2D eigenvalue weighted by Gasteiger charge is -2.08. The zero-order chi connectivity index (χ0) is 4.24. The summed E-state index contributed by atoms with van der Waals surface area (Å²) in [6.07, 6.45) is 3.93. The first-order chi connectivity index (χ1) is 3.00. The molecule has 0 amide bonds. The lowest BCUT2D eigenvalue weighted by Crippen LogP contribution is -2.03. The van der Waals surface area contributed by atoms with E-state index in [4.69, 9.17) is 4.74 Å². The van der Waals surface area contributed by atoms with Gasteiger partial charge in [0.25, 0.3) is 0 Å². The quantitative estimate of drug-likeness (QED) is 0.389. The summed E-state index contributed by atoms with van der Waals surface area (Å²) < 4.78 is 5.07. The predicted molar refractivity (Wildman–Crippen MR) is 34.6 cm³/mol. The standard InChI is InChI=1S/C5H10O.BH3/c1-2-4-6-5-3-1;/h1-5H2;1H3. The maximum atomic E-state index is 5.07. The van der Waals surface area contributed by atoms with Crippen molar-refractivity contribution in [3.8, 4) is 0 Å². The monoisotopic (exact) mass is 100 g/mol. The molecule has 1 rings (SSSR count). The Hall–Kier alpha value is 0.0249. The van der Waals surface area contributed by atoms with Gasteiger partial charge in [0.2, 0.25) is 0 Å². The summed E-state index contributed by atoms with van der Waals surface area (Å²) >= 11 is 0. The van der Waals surface area contributed by atoms with Crippen molar-refractivity contribution in [1.29, 1.82) is 0 Å². The second-order valence-electron chi connectivity index (χ2n) is 1.67. The van der Waals surface area contributed by atoms with Gasteiger partial charge in [-0.3, -0.25) is 0 Å². The smallest absolute Gasteiger partial charge is 0.0814 e. The van der Waals surface area contributed by atoms with Gasteiger partial charge in [0.15, 0.2) is 0 Å². The zero-order valence-corrected chi connectivity index (χ0v) is 3.94. The van der Waals surface area contributed by atoms with Crippen LogP contribution in [0, 0.1) is 0 Å². The van der Waals surface area contributed by atoms with Gasteiger partial charge in [0, 0.05) is 13.2 Å². The SMILES string of the molecule is B.C1CCOCC1. The molecular weight excluding hydrogens is 86.9 g/mol. The van der Waals surface area contributed by atoms with Crippen molar-refractivity contribution in [2.75, 3.05) is 13.2 Å². The molecule has 0 atom stereocenters. The van der Waals surface area contributed by atoms with Crippen LogP contribution in [0.1, 0.15) is 19.3 Å². The Labute approximate surface area is 46.6 Å². The molecule has 1 heterocycles. The van der Waals surface area contributed by atoms with Crippen molar-refractivity contribution in [1.82, 2.24) is 0 Å². The molecule has 0 aromatic carbocycles. The molecule has 0 saturated carbocycles. The highest BCUT2D eigenvalue weighted by Gasteiger charge is 1.94. The lowest BCUT2D eigenvalue weighted by molar-refractivity contribution is 0.0968. The summed E-state index contributed by atoms with van der Waals surface area (Å²) in [4.78, 5) is 0. The summed E-state index contributed by atoms with van der Waals surface area (Å²) in [6.45, 7) is 2.00. The molecule has 1 nitrogen and oxygen atoms in total. The first-order valence-corrected chi connectivity index (χ1v) is 2.58. The normalized spacial score (nSPS) is 20.6. The number of hydrogen-bond donors (Lipinski definition) is 0. The number of rotatable bonds is 0. The van der Waals surface area contributed by atoms with E-state index in [1.54, 1.807) is 0 Å². The van der Waals surface area contributed by atoms with E-state index in [1.807, 2.05) is 0 Å². The van der Waals surface area contributed by atoms with Crippen LogP contribution in [0.25, 0.3) is 0 Å². The van der Waals surface area contributed by atoms with Crippen LogP contribution in [-0.4, -0.2) is 21.6 Å². The van der Waals surface area contributed by atoms with Crippen LogP contribution >= 0.6 is 0 Å². The molecule has 0 unspecified atom stereocenters. The summed E-state index contributed by atoms with van der Waals surface area (Å²) in [7, 11) is 0. The van der Waals surface area contributed by atoms with Gasteiger partial charge in [0.05, 0.1) is 8.41 Å². The van der Waals surface area contributed by atoms with E-state index in [9.17, 15) is 0 Å². The van der Waals surface area contributed by atoms with Gasteiger partial charge in [-0.2, -0.15) is 0 Å². The average Bonchev–Trinajstić information content (AvgIpc) is 1.72. The van der Waals surface area contributed by atoms with E-state index in [2.05, 4.69) is 0 Å². The van der Waals surface area contributed by atoms with Gasteiger partial charge in [-0.25, -0.2) is 0 Å². The highest BCUT2D eigenvalue weighted by atomic mass is 16.5. The van der Waals surface area contributed by atoms with Crippen LogP contribution in [0.5, 0.6) is 0 Å². The minimum atomic E-state index is 0. The number of hydrogen-bond acceptors (Lipinski definition) is 1. The topological polar surface area (TPSA) is 9.23 Å². The fourth-order valence-electron chi connectivity index (χ4n) is 0.687. The van der Waals surface area contributed by atoms with Gasteiger partial charge in [-0.1, -0.05) is 0 Å². The average molecular weight is 100.0 g/mol. The summed E-state index contributed by atoms with van der Waals surface area (Å²) in [5.41, 5.74) is 0. The minimum Gasteiger partial charge on any atom is -0.381 e. The first-order valence-electron chi connectivity index (χ1n) is 2.58. The van der Waals surface area contributed by atoms with E-state index in [1.165, 1.54) is 19.3 Å². The van der Waals surface area contributed by atoms with E-state index < -0.39 is 0 Å². The Bertz CT molecular complexity index is 23.6. The maximum absolute atomic E-state index is 5.07. The van der Waals surface area contributed by atoms with Gasteiger partial charge in [-0.05, 0) is 19.3 Å². The van der Waals surface area contributed by atoms with Crippen LogP contribution in [0.15, 0.2) is 0 Å². The van der Waals surface area contributed by atoms with Crippen molar-refractivity contribution in [3.05, 3.63) is 0 Å². The molecule has 1 fully saturated rings. The van der Waals surface area contributed by atoms with Crippen molar-refractivity contribution < 1.29 is 4.74 Å². The molecule has 0 aliphatic carbocycles. The van der Waals surface area contributed by atoms with Crippen molar-refractivity contribution >= 4 is 8.41 Å². The van der Waals surface area contributed by atoms with Gasteiger partial charge in [-0.15, -0.1) is 0 Å². The van der Waals surface area contributed by atoms with Crippen LogP contribution in [0.3, 0.4) is 0 Å². The molecule has 0 spiro atoms.